The summed E-state index contributed by atoms with van der Waals surface area (Å²) in [4.78, 5) is 8.78. The van der Waals surface area contributed by atoms with Gasteiger partial charge in [-0.1, -0.05) is 11.2 Å². The molecule has 25 heavy (non-hydrogen) atoms. The number of hydrogen-bond acceptors (Lipinski definition) is 4. The Balaban J connectivity index is 0.000000511. The first-order valence-corrected chi connectivity index (χ1v) is 7.01. The van der Waals surface area contributed by atoms with Crippen molar-refractivity contribution in [1.29, 1.82) is 0 Å². The van der Waals surface area contributed by atoms with E-state index in [1.165, 1.54) is 12.3 Å². The molecule has 3 N–H and O–H groups in total. The number of halogens is 2. The van der Waals surface area contributed by atoms with Gasteiger partial charge in [-0.3, -0.25) is 0 Å². The van der Waals surface area contributed by atoms with E-state index in [9.17, 15) is 8.78 Å². The van der Waals surface area contributed by atoms with Gasteiger partial charge in [0.15, 0.2) is 11.6 Å². The molecular formula is C17H14F2N2O4. The summed E-state index contributed by atoms with van der Waals surface area (Å²) in [5.74, 6) is -1.11. The van der Waals surface area contributed by atoms with Gasteiger partial charge in [0, 0.05) is 11.6 Å². The minimum absolute atomic E-state index is 0.167. The fourth-order valence-corrected chi connectivity index (χ4v) is 1.88. The number of amides is 1. The lowest BCUT2D eigenvalue weighted by Crippen LogP contribution is -2.03. The summed E-state index contributed by atoms with van der Waals surface area (Å²) < 4.78 is 36.2. The highest BCUT2D eigenvalue weighted by Crippen LogP contribution is 2.21. The number of rotatable bonds is 4. The molecule has 0 radical (unpaired) electrons. The molecule has 1 aromatic heterocycles. The smallest absolute Gasteiger partial charge is 0.402 e. The number of carboxylic acid groups (broad SMARTS) is 1. The van der Waals surface area contributed by atoms with Crippen molar-refractivity contribution in [2.24, 2.45) is 5.73 Å². The molecule has 1 heterocycles. The zero-order valence-corrected chi connectivity index (χ0v) is 12.9. The predicted molar refractivity (Wildman–Crippen MR) is 84.8 cm³/mol. The van der Waals surface area contributed by atoms with Gasteiger partial charge in [0.05, 0.1) is 0 Å². The monoisotopic (exact) mass is 348 g/mol. The van der Waals surface area contributed by atoms with E-state index < -0.39 is 17.7 Å². The first kappa shape index (κ1) is 17.9. The fourth-order valence-electron chi connectivity index (χ4n) is 1.88. The van der Waals surface area contributed by atoms with E-state index in [-0.39, 0.29) is 6.61 Å². The van der Waals surface area contributed by atoms with Crippen LogP contribution in [0, 0.1) is 11.6 Å². The minimum atomic E-state index is -1.33. The topological polar surface area (TPSA) is 98.6 Å². The van der Waals surface area contributed by atoms with Gasteiger partial charge in [-0.05, 0) is 42.0 Å². The number of aromatic nitrogens is 1. The van der Waals surface area contributed by atoms with Crippen LogP contribution in [0.1, 0.15) is 5.56 Å². The number of nitrogens with zero attached hydrogens (tertiary/aromatic N) is 1. The molecule has 130 valence electrons. The first-order chi connectivity index (χ1) is 12.0. The van der Waals surface area contributed by atoms with E-state index in [1.807, 2.05) is 12.1 Å². The second kappa shape index (κ2) is 8.44. The SMILES string of the molecule is Fc1ccc(COc2ccc(-c3ccon3)cc2)cc1F.NC(=O)O. The summed E-state index contributed by atoms with van der Waals surface area (Å²) in [7, 11) is 0. The molecule has 3 aromatic rings. The molecule has 0 fully saturated rings. The van der Waals surface area contributed by atoms with E-state index in [2.05, 4.69) is 10.9 Å². The second-order valence-corrected chi connectivity index (χ2v) is 4.78. The average Bonchev–Trinajstić information content (AvgIpc) is 3.10. The Morgan fingerprint density at radius 2 is 1.80 bits per heavy atom. The maximum Gasteiger partial charge on any atom is 0.402 e. The molecule has 0 aliphatic carbocycles. The fraction of sp³-hybridized carbons (Fsp3) is 0.0588. The summed E-state index contributed by atoms with van der Waals surface area (Å²) in [5, 5.41) is 11.0. The van der Waals surface area contributed by atoms with Crippen molar-refractivity contribution < 1.29 is 27.9 Å². The van der Waals surface area contributed by atoms with Crippen LogP contribution in [0.15, 0.2) is 59.3 Å². The molecule has 0 atom stereocenters. The van der Waals surface area contributed by atoms with Crippen LogP contribution >= 0.6 is 0 Å². The number of benzene rings is 2. The Morgan fingerprint density at radius 1 is 1.12 bits per heavy atom. The van der Waals surface area contributed by atoms with Crippen LogP contribution < -0.4 is 10.5 Å². The zero-order valence-electron chi connectivity index (χ0n) is 12.9. The van der Waals surface area contributed by atoms with Crippen LogP contribution in [0.25, 0.3) is 11.3 Å². The van der Waals surface area contributed by atoms with Crippen molar-refractivity contribution in [1.82, 2.24) is 5.16 Å². The molecule has 2 aromatic carbocycles. The Hall–Kier alpha value is -3.42. The number of ether oxygens (including phenoxy) is 1. The highest BCUT2D eigenvalue weighted by molar-refractivity contribution is 5.61. The Morgan fingerprint density at radius 3 is 2.36 bits per heavy atom. The van der Waals surface area contributed by atoms with Gasteiger partial charge in [-0.2, -0.15) is 0 Å². The lowest BCUT2D eigenvalue weighted by molar-refractivity contribution is 0.205. The Labute approximate surface area is 141 Å². The molecule has 8 heteroatoms. The molecule has 6 nitrogen and oxygen atoms in total. The van der Waals surface area contributed by atoms with Crippen LogP contribution in [0.4, 0.5) is 13.6 Å². The van der Waals surface area contributed by atoms with Crippen LogP contribution in [0.3, 0.4) is 0 Å². The molecule has 0 aliphatic rings. The van der Waals surface area contributed by atoms with E-state index in [0.717, 1.165) is 23.4 Å². The average molecular weight is 348 g/mol. The van der Waals surface area contributed by atoms with Gasteiger partial charge in [0.1, 0.15) is 24.3 Å². The summed E-state index contributed by atoms with van der Waals surface area (Å²) in [6, 6.07) is 12.7. The van der Waals surface area contributed by atoms with Crippen molar-refractivity contribution in [3.05, 3.63) is 72.0 Å². The summed E-state index contributed by atoms with van der Waals surface area (Å²) in [5.41, 5.74) is 6.24. The molecular weight excluding hydrogens is 334 g/mol. The third-order valence-corrected chi connectivity index (χ3v) is 2.98. The van der Waals surface area contributed by atoms with Crippen LogP contribution in [-0.2, 0) is 6.61 Å². The number of carbonyl (C=O) groups is 1. The second-order valence-electron chi connectivity index (χ2n) is 4.78. The van der Waals surface area contributed by atoms with Gasteiger partial charge in [0.2, 0.25) is 0 Å². The zero-order chi connectivity index (χ0) is 18.2. The van der Waals surface area contributed by atoms with E-state index in [0.29, 0.717) is 11.3 Å². The lowest BCUT2D eigenvalue weighted by atomic mass is 10.1. The summed E-state index contributed by atoms with van der Waals surface area (Å²) >= 11 is 0. The van der Waals surface area contributed by atoms with E-state index in [4.69, 9.17) is 19.2 Å². The van der Waals surface area contributed by atoms with Crippen molar-refractivity contribution in [2.75, 3.05) is 0 Å². The molecule has 0 unspecified atom stereocenters. The predicted octanol–water partition coefficient (Wildman–Crippen LogP) is 3.82. The van der Waals surface area contributed by atoms with E-state index in [1.54, 1.807) is 18.2 Å². The number of primary amides is 1. The van der Waals surface area contributed by atoms with Crippen molar-refractivity contribution in [2.45, 2.75) is 6.61 Å². The van der Waals surface area contributed by atoms with Gasteiger partial charge in [-0.15, -0.1) is 0 Å². The van der Waals surface area contributed by atoms with Crippen LogP contribution in [-0.4, -0.2) is 16.4 Å². The molecule has 0 bridgehead atoms. The van der Waals surface area contributed by atoms with Crippen molar-refractivity contribution in [3.63, 3.8) is 0 Å². The summed E-state index contributed by atoms with van der Waals surface area (Å²) in [6.07, 6.45) is 0.169. The highest BCUT2D eigenvalue weighted by Gasteiger charge is 2.04. The quantitative estimate of drug-likeness (QED) is 0.747. The molecule has 1 amide bonds. The summed E-state index contributed by atoms with van der Waals surface area (Å²) in [6.45, 7) is 0.167. The normalized spacial score (nSPS) is 9.84. The van der Waals surface area contributed by atoms with Gasteiger partial charge in [0.25, 0.3) is 0 Å². The third kappa shape index (κ3) is 5.61. The van der Waals surface area contributed by atoms with E-state index >= 15 is 0 Å². The van der Waals surface area contributed by atoms with Crippen LogP contribution in [0.5, 0.6) is 5.75 Å². The van der Waals surface area contributed by atoms with Gasteiger partial charge in [-0.25, -0.2) is 13.6 Å². The third-order valence-electron chi connectivity index (χ3n) is 2.98. The van der Waals surface area contributed by atoms with Gasteiger partial charge < -0.3 is 20.1 Å². The van der Waals surface area contributed by atoms with Crippen molar-refractivity contribution >= 4 is 6.09 Å². The maximum absolute atomic E-state index is 13.1. The number of nitrogens with two attached hydrogens (primary N) is 1. The lowest BCUT2D eigenvalue weighted by Gasteiger charge is -2.07. The Bertz CT molecular complexity index is 817. The molecule has 3 rings (SSSR count). The largest absolute Gasteiger partial charge is 0.489 e. The molecule has 0 saturated heterocycles. The minimum Gasteiger partial charge on any atom is -0.489 e. The molecule has 0 saturated carbocycles. The highest BCUT2D eigenvalue weighted by atomic mass is 19.2. The van der Waals surface area contributed by atoms with Crippen LogP contribution in [0.2, 0.25) is 0 Å². The standard InChI is InChI=1S/C16H11F2NO2.CH3NO2/c17-14-6-1-11(9-15(14)18)10-20-13-4-2-12(3-5-13)16-7-8-21-19-16;2-1(3)4/h1-9H,10H2;2H2,(H,3,4). The molecule has 0 spiro atoms. The van der Waals surface area contributed by atoms with Gasteiger partial charge >= 0.3 is 6.09 Å². The maximum atomic E-state index is 13.1. The molecule has 0 aliphatic heterocycles. The number of hydrogen-bond donors (Lipinski definition) is 2. The first-order valence-electron chi connectivity index (χ1n) is 7.01. The van der Waals surface area contributed by atoms with Crippen molar-refractivity contribution in [3.8, 4) is 17.0 Å². The Kier molecular flexibility index (Phi) is 6.05.